The van der Waals surface area contributed by atoms with Gasteiger partial charge in [-0.05, 0) is 36.6 Å². The van der Waals surface area contributed by atoms with Gasteiger partial charge < -0.3 is 15.8 Å². The lowest BCUT2D eigenvalue weighted by Crippen LogP contribution is -2.46. The molecule has 1 saturated heterocycles. The van der Waals surface area contributed by atoms with Crippen LogP contribution in [0.2, 0.25) is 0 Å². The van der Waals surface area contributed by atoms with E-state index in [1.807, 2.05) is 36.4 Å². The molecule has 1 fully saturated rings. The molecule has 4 heterocycles. The number of pyridine rings is 2. The Morgan fingerprint density at radius 2 is 2.03 bits per heavy atom. The summed E-state index contributed by atoms with van der Waals surface area (Å²) >= 11 is 0. The molecule has 8 heteroatoms. The number of anilines is 1. The maximum atomic E-state index is 13.2. The third-order valence-electron chi connectivity index (χ3n) is 5.81. The topological polar surface area (TPSA) is 103 Å². The molecule has 3 aromatic heterocycles. The van der Waals surface area contributed by atoms with Crippen LogP contribution in [0.25, 0.3) is 16.7 Å². The van der Waals surface area contributed by atoms with Crippen LogP contribution in [0.4, 0.5) is 5.82 Å². The van der Waals surface area contributed by atoms with E-state index in [2.05, 4.69) is 5.32 Å². The van der Waals surface area contributed by atoms with Gasteiger partial charge in [-0.2, -0.15) is 0 Å². The van der Waals surface area contributed by atoms with Gasteiger partial charge in [-0.1, -0.05) is 41.4 Å². The van der Waals surface area contributed by atoms with Gasteiger partial charge in [0.1, 0.15) is 10.9 Å². The van der Waals surface area contributed by atoms with Crippen LogP contribution in [0.5, 0.6) is 0 Å². The number of carbonyl (C=O) groups is 1. The molecule has 32 heavy (non-hydrogen) atoms. The van der Waals surface area contributed by atoms with Gasteiger partial charge >= 0.3 is 0 Å². The number of carbonyl (C=O) groups excluding carboxylic acids is 1. The van der Waals surface area contributed by atoms with Crippen LogP contribution in [0.15, 0.2) is 65.6 Å². The summed E-state index contributed by atoms with van der Waals surface area (Å²) in [4.78, 5) is 31.0. The van der Waals surface area contributed by atoms with Gasteiger partial charge in [0.15, 0.2) is 0 Å². The van der Waals surface area contributed by atoms with Crippen molar-refractivity contribution in [3.63, 3.8) is 0 Å². The minimum Gasteiger partial charge on any atom is -0.375 e. The average molecular weight is 430 g/mol. The van der Waals surface area contributed by atoms with Crippen LogP contribution in [-0.4, -0.2) is 28.0 Å². The van der Waals surface area contributed by atoms with Crippen LogP contribution in [0, 0.1) is 0 Å². The Morgan fingerprint density at radius 1 is 1.22 bits per heavy atom. The summed E-state index contributed by atoms with van der Waals surface area (Å²) < 4.78 is 9.02. The molecule has 1 atom stereocenters. The smallest absolute Gasteiger partial charge is 0.278 e. The molecule has 1 unspecified atom stereocenters. The van der Waals surface area contributed by atoms with Crippen molar-refractivity contribution in [3.8, 4) is 0 Å². The largest absolute Gasteiger partial charge is 0.375 e. The van der Waals surface area contributed by atoms with Crippen molar-refractivity contribution in [2.24, 2.45) is 0 Å². The van der Waals surface area contributed by atoms with Gasteiger partial charge in [-0.3, -0.25) is 14.0 Å². The first-order chi connectivity index (χ1) is 15.6. The second-order valence-electron chi connectivity index (χ2n) is 7.94. The minimum atomic E-state index is -0.341. The molecular formula is C24H24N5O3+. The summed E-state index contributed by atoms with van der Waals surface area (Å²) in [6.07, 6.45) is 3.49. The van der Waals surface area contributed by atoms with Crippen molar-refractivity contribution in [2.75, 3.05) is 12.3 Å². The molecule has 1 aromatic carbocycles. The lowest BCUT2D eigenvalue weighted by atomic mass is 10.1. The number of amides is 1. The summed E-state index contributed by atoms with van der Waals surface area (Å²) in [5, 5.41) is 3.24. The Labute approximate surface area is 184 Å². The van der Waals surface area contributed by atoms with Crippen molar-refractivity contribution in [2.45, 2.75) is 32.0 Å². The first-order valence-electron chi connectivity index (χ1n) is 10.7. The Balaban J connectivity index is 1.62. The molecule has 8 nitrogen and oxygen atoms in total. The van der Waals surface area contributed by atoms with Crippen molar-refractivity contribution in [1.82, 2.24) is 14.7 Å². The van der Waals surface area contributed by atoms with E-state index in [1.165, 1.54) is 4.40 Å². The van der Waals surface area contributed by atoms with Gasteiger partial charge in [-0.25, -0.2) is 4.57 Å². The molecule has 162 valence electrons. The monoisotopic (exact) mass is 430 g/mol. The fraction of sp³-hybridized carbons (Fsp3) is 0.250. The Bertz CT molecular complexity index is 1360. The van der Waals surface area contributed by atoms with E-state index in [4.69, 9.17) is 15.5 Å². The number of hydrogen-bond acceptors (Lipinski definition) is 5. The predicted molar refractivity (Wildman–Crippen MR) is 120 cm³/mol. The van der Waals surface area contributed by atoms with Crippen LogP contribution >= 0.6 is 0 Å². The minimum absolute atomic E-state index is 0.0378. The molecule has 0 saturated carbocycles. The number of fused-ring (bicyclic) bond motifs is 2. The summed E-state index contributed by atoms with van der Waals surface area (Å²) in [6, 6.07) is 16.5. The number of nitrogens with two attached hydrogens (primary N) is 1. The highest BCUT2D eigenvalue weighted by atomic mass is 16.5. The zero-order valence-corrected chi connectivity index (χ0v) is 17.5. The van der Waals surface area contributed by atoms with Crippen LogP contribution in [0.1, 0.15) is 28.8 Å². The highest BCUT2D eigenvalue weighted by Gasteiger charge is 2.27. The number of hydrogen-bond donors (Lipinski definition) is 2. The lowest BCUT2D eigenvalue weighted by Gasteiger charge is -2.15. The first-order valence-corrected chi connectivity index (χ1v) is 10.7. The molecule has 4 aromatic rings. The number of ether oxygens (including phenoxy) is 1. The van der Waals surface area contributed by atoms with E-state index in [0.717, 1.165) is 18.4 Å². The molecule has 0 bridgehead atoms. The third-order valence-corrected chi connectivity index (χ3v) is 5.81. The average Bonchev–Trinajstić information content (AvgIpc) is 3.34. The van der Waals surface area contributed by atoms with Crippen LogP contribution < -0.4 is 21.2 Å². The Morgan fingerprint density at radius 3 is 2.81 bits per heavy atom. The maximum Gasteiger partial charge on any atom is 0.278 e. The quantitative estimate of drug-likeness (QED) is 0.371. The van der Waals surface area contributed by atoms with E-state index in [1.54, 1.807) is 29.0 Å². The van der Waals surface area contributed by atoms with Gasteiger partial charge in [0.2, 0.25) is 11.5 Å². The fourth-order valence-corrected chi connectivity index (χ4v) is 4.13. The lowest BCUT2D eigenvalue weighted by molar-refractivity contribution is -0.666. The molecule has 0 spiro atoms. The molecule has 3 N–H and O–H groups in total. The third kappa shape index (κ3) is 3.69. The molecular weight excluding hydrogens is 406 g/mol. The maximum absolute atomic E-state index is 13.2. The highest BCUT2D eigenvalue weighted by Crippen LogP contribution is 2.18. The van der Waals surface area contributed by atoms with Gasteiger partial charge in [0.25, 0.3) is 17.1 Å². The standard InChI is InChI=1S/C24H23N5O3/c25-21-18(23(30)26-14-16-7-2-1-3-8-16)13-19-22(29(21)15-17-9-6-12-32-17)27-20-10-4-5-11-28(20)24(19)31/h1-5,7-8,10-11,13,17,25H,6,9,12,14-15H2,(H,26,30)/p+1. The van der Waals surface area contributed by atoms with Gasteiger partial charge in [-0.15, -0.1) is 0 Å². The summed E-state index contributed by atoms with van der Waals surface area (Å²) in [5.41, 5.74) is 8.44. The normalized spacial score (nSPS) is 15.9. The number of rotatable bonds is 5. The molecule has 0 radical (unpaired) electrons. The second-order valence-corrected chi connectivity index (χ2v) is 7.94. The van der Waals surface area contributed by atoms with E-state index in [-0.39, 0.29) is 29.0 Å². The van der Waals surface area contributed by atoms with E-state index in [9.17, 15) is 9.59 Å². The van der Waals surface area contributed by atoms with E-state index >= 15 is 0 Å². The van der Waals surface area contributed by atoms with Gasteiger partial charge in [0.05, 0.1) is 12.6 Å². The SMILES string of the molecule is Nc1c(C(=O)NCc2ccccc2)cc2c(=O)n3ccccc3nc2[n+]1CC1CCCO1. The second kappa shape index (κ2) is 8.39. The zero-order valence-electron chi connectivity index (χ0n) is 17.5. The summed E-state index contributed by atoms with van der Waals surface area (Å²) in [6.45, 7) is 1.48. The van der Waals surface area contributed by atoms with Crippen molar-refractivity contribution in [1.29, 1.82) is 0 Å². The Kier molecular flexibility index (Phi) is 5.28. The van der Waals surface area contributed by atoms with Crippen LogP contribution in [0.3, 0.4) is 0 Å². The van der Waals surface area contributed by atoms with Crippen molar-refractivity contribution < 1.29 is 14.1 Å². The van der Waals surface area contributed by atoms with E-state index < -0.39 is 0 Å². The molecule has 1 aliphatic rings. The van der Waals surface area contributed by atoms with Crippen molar-refractivity contribution >= 4 is 28.4 Å². The number of aromatic nitrogens is 3. The fourth-order valence-electron chi connectivity index (χ4n) is 4.13. The van der Waals surface area contributed by atoms with E-state index in [0.29, 0.717) is 36.4 Å². The van der Waals surface area contributed by atoms with Gasteiger partial charge in [0, 0.05) is 19.3 Å². The molecule has 5 rings (SSSR count). The summed E-state index contributed by atoms with van der Waals surface area (Å²) in [5.74, 6) is -0.0716. The summed E-state index contributed by atoms with van der Waals surface area (Å²) in [7, 11) is 0. The zero-order chi connectivity index (χ0) is 22.1. The Hall–Kier alpha value is -3.78. The number of benzene rings is 1. The molecule has 1 aliphatic heterocycles. The molecule has 1 amide bonds. The number of nitrogen functional groups attached to an aromatic ring is 1. The predicted octanol–water partition coefficient (Wildman–Crippen LogP) is 1.83. The van der Waals surface area contributed by atoms with Crippen LogP contribution in [-0.2, 0) is 17.8 Å². The van der Waals surface area contributed by atoms with Crippen molar-refractivity contribution in [3.05, 3.63) is 82.3 Å². The first kappa shape index (κ1) is 20.1. The molecule has 0 aliphatic carbocycles. The number of nitrogens with one attached hydrogen (secondary N) is 1. The number of nitrogens with zero attached hydrogens (tertiary/aromatic N) is 3. The highest BCUT2D eigenvalue weighted by molar-refractivity contribution is 6.00.